The van der Waals surface area contributed by atoms with Crippen LogP contribution in [0.4, 0.5) is 13.2 Å². The lowest BCUT2D eigenvalue weighted by molar-refractivity contribution is -0.157. The topological polar surface area (TPSA) is 60.6 Å². The minimum atomic E-state index is -4.63. The highest BCUT2D eigenvalue weighted by molar-refractivity contribution is 5.43. The molecule has 0 saturated carbocycles. The number of halogens is 3. The number of rotatable bonds is 4. The Morgan fingerprint density at radius 2 is 1.83 bits per heavy atom. The minimum Gasteiger partial charge on any atom is -0.486 e. The molecule has 3 rings (SSSR count). The largest absolute Gasteiger partial charge is 0.486 e. The molecule has 124 valence electrons. The molecule has 1 aliphatic rings. The summed E-state index contributed by atoms with van der Waals surface area (Å²) in [6.45, 7) is 1.61. The minimum absolute atomic E-state index is 0.0858. The summed E-state index contributed by atoms with van der Waals surface area (Å²) in [5.74, 6) is -0.0636. The highest BCUT2D eigenvalue weighted by atomic mass is 19.4. The van der Waals surface area contributed by atoms with Gasteiger partial charge in [-0.2, -0.15) is 13.2 Å². The zero-order valence-corrected chi connectivity index (χ0v) is 12.3. The molecule has 0 amide bonds. The first-order chi connectivity index (χ1) is 10.9. The Morgan fingerprint density at radius 1 is 1.09 bits per heavy atom. The lowest BCUT2D eigenvalue weighted by Gasteiger charge is -2.20. The molecular formula is C14H14F3N3O3. The standard InChI is InChI=1S/C14H14F3N3O3/c1-20(8-12-18-19-13(23-12)14(15,16)17)7-9-2-3-10-11(6-9)22-5-4-21-10/h2-3,6H,4-5,7-8H2,1H3. The van der Waals surface area contributed by atoms with Crippen LogP contribution in [-0.4, -0.2) is 35.4 Å². The SMILES string of the molecule is CN(Cc1ccc2c(c1)OCCO2)Cc1nnc(C(F)(F)F)o1. The second-order valence-electron chi connectivity index (χ2n) is 5.15. The molecule has 1 aromatic carbocycles. The Kier molecular flexibility index (Phi) is 4.12. The monoisotopic (exact) mass is 329 g/mol. The van der Waals surface area contributed by atoms with Crippen molar-refractivity contribution in [3.63, 3.8) is 0 Å². The molecular weight excluding hydrogens is 315 g/mol. The Bertz CT molecular complexity index is 687. The van der Waals surface area contributed by atoms with Crippen LogP contribution >= 0.6 is 0 Å². The number of ether oxygens (including phenoxy) is 2. The number of fused-ring (bicyclic) bond motifs is 1. The van der Waals surface area contributed by atoms with Crippen LogP contribution in [0.3, 0.4) is 0 Å². The molecule has 0 saturated heterocycles. The Hall–Kier alpha value is -2.29. The molecule has 23 heavy (non-hydrogen) atoms. The first kappa shape index (κ1) is 15.6. The van der Waals surface area contributed by atoms with Crippen molar-refractivity contribution in [3.8, 4) is 11.5 Å². The van der Waals surface area contributed by atoms with E-state index in [9.17, 15) is 13.2 Å². The molecule has 2 aromatic rings. The molecule has 6 nitrogen and oxygen atoms in total. The highest BCUT2D eigenvalue weighted by Gasteiger charge is 2.38. The van der Waals surface area contributed by atoms with Crippen LogP contribution in [-0.2, 0) is 19.3 Å². The second-order valence-corrected chi connectivity index (χ2v) is 5.15. The maximum atomic E-state index is 12.4. The van der Waals surface area contributed by atoms with E-state index in [1.54, 1.807) is 11.9 Å². The molecule has 0 unspecified atom stereocenters. The molecule has 1 aliphatic heterocycles. The lowest BCUT2D eigenvalue weighted by Crippen LogP contribution is -2.19. The molecule has 0 aliphatic carbocycles. The fourth-order valence-corrected chi connectivity index (χ4v) is 2.22. The van der Waals surface area contributed by atoms with Gasteiger partial charge in [0.15, 0.2) is 11.5 Å². The van der Waals surface area contributed by atoms with Crippen molar-refractivity contribution in [2.45, 2.75) is 19.3 Å². The summed E-state index contributed by atoms with van der Waals surface area (Å²) in [7, 11) is 1.74. The van der Waals surface area contributed by atoms with Gasteiger partial charge in [-0.05, 0) is 24.7 Å². The fraction of sp³-hybridized carbons (Fsp3) is 0.429. The molecule has 9 heteroatoms. The highest BCUT2D eigenvalue weighted by Crippen LogP contribution is 2.31. The van der Waals surface area contributed by atoms with Gasteiger partial charge < -0.3 is 13.9 Å². The summed E-state index contributed by atoms with van der Waals surface area (Å²) < 4.78 is 52.8. The average molecular weight is 329 g/mol. The maximum Gasteiger partial charge on any atom is 0.470 e. The fourth-order valence-electron chi connectivity index (χ4n) is 2.22. The van der Waals surface area contributed by atoms with Crippen LogP contribution in [0, 0.1) is 0 Å². The number of nitrogens with zero attached hydrogens (tertiary/aromatic N) is 3. The van der Waals surface area contributed by atoms with Crippen molar-refractivity contribution in [1.82, 2.24) is 15.1 Å². The lowest BCUT2D eigenvalue weighted by atomic mass is 10.2. The van der Waals surface area contributed by atoms with Crippen LogP contribution in [0.5, 0.6) is 11.5 Å². The number of hydrogen-bond donors (Lipinski definition) is 0. The number of alkyl halides is 3. The van der Waals surface area contributed by atoms with Crippen molar-refractivity contribution in [2.75, 3.05) is 20.3 Å². The predicted octanol–water partition coefficient (Wildman–Crippen LogP) is 2.49. The van der Waals surface area contributed by atoms with Gasteiger partial charge in [-0.25, -0.2) is 0 Å². The van der Waals surface area contributed by atoms with Gasteiger partial charge in [0.05, 0.1) is 6.54 Å². The third kappa shape index (κ3) is 3.73. The molecule has 0 radical (unpaired) electrons. The summed E-state index contributed by atoms with van der Waals surface area (Å²) in [5.41, 5.74) is 0.937. The van der Waals surface area contributed by atoms with Gasteiger partial charge in [-0.3, -0.25) is 4.90 Å². The third-order valence-corrected chi connectivity index (χ3v) is 3.17. The van der Waals surface area contributed by atoms with E-state index in [2.05, 4.69) is 14.6 Å². The molecule has 1 aromatic heterocycles. The maximum absolute atomic E-state index is 12.4. The van der Waals surface area contributed by atoms with Crippen molar-refractivity contribution in [3.05, 3.63) is 35.5 Å². The van der Waals surface area contributed by atoms with Gasteiger partial charge in [0.2, 0.25) is 5.89 Å². The van der Waals surface area contributed by atoms with E-state index < -0.39 is 12.1 Å². The summed E-state index contributed by atoms with van der Waals surface area (Å²) in [6.07, 6.45) is -4.63. The van der Waals surface area contributed by atoms with Crippen LogP contribution < -0.4 is 9.47 Å². The van der Waals surface area contributed by atoms with E-state index in [4.69, 9.17) is 9.47 Å². The molecule has 2 heterocycles. The first-order valence-electron chi connectivity index (χ1n) is 6.88. The quantitative estimate of drug-likeness (QED) is 0.859. The number of benzene rings is 1. The zero-order valence-electron chi connectivity index (χ0n) is 12.3. The smallest absolute Gasteiger partial charge is 0.470 e. The second kappa shape index (κ2) is 6.07. The predicted molar refractivity (Wildman–Crippen MR) is 71.9 cm³/mol. The molecule has 0 N–H and O–H groups in total. The van der Waals surface area contributed by atoms with Crippen molar-refractivity contribution < 1.29 is 27.1 Å². The van der Waals surface area contributed by atoms with Gasteiger partial charge in [-0.15, -0.1) is 10.2 Å². The van der Waals surface area contributed by atoms with Gasteiger partial charge in [-0.1, -0.05) is 6.07 Å². The molecule has 0 bridgehead atoms. The Labute approximate surface area is 129 Å². The van der Waals surface area contributed by atoms with E-state index in [0.717, 1.165) is 5.56 Å². The third-order valence-electron chi connectivity index (χ3n) is 3.17. The van der Waals surface area contributed by atoms with Crippen LogP contribution in [0.1, 0.15) is 17.3 Å². The summed E-state index contributed by atoms with van der Waals surface area (Å²) in [4.78, 5) is 1.76. The van der Waals surface area contributed by atoms with Crippen LogP contribution in [0.25, 0.3) is 0 Å². The van der Waals surface area contributed by atoms with E-state index in [1.807, 2.05) is 18.2 Å². The van der Waals surface area contributed by atoms with Crippen molar-refractivity contribution >= 4 is 0 Å². The average Bonchev–Trinajstić information content (AvgIpc) is 2.95. The Balaban J connectivity index is 1.63. The van der Waals surface area contributed by atoms with Crippen LogP contribution in [0.15, 0.2) is 22.6 Å². The van der Waals surface area contributed by atoms with Gasteiger partial charge >= 0.3 is 12.1 Å². The molecule has 0 fully saturated rings. The van der Waals surface area contributed by atoms with E-state index in [-0.39, 0.29) is 12.4 Å². The van der Waals surface area contributed by atoms with E-state index in [0.29, 0.717) is 31.3 Å². The number of hydrogen-bond acceptors (Lipinski definition) is 6. The van der Waals surface area contributed by atoms with Gasteiger partial charge in [0, 0.05) is 6.54 Å². The summed E-state index contributed by atoms with van der Waals surface area (Å²) >= 11 is 0. The Morgan fingerprint density at radius 3 is 2.52 bits per heavy atom. The zero-order chi connectivity index (χ0) is 16.4. The normalized spacial score (nSPS) is 14.3. The van der Waals surface area contributed by atoms with E-state index >= 15 is 0 Å². The van der Waals surface area contributed by atoms with Gasteiger partial charge in [0.1, 0.15) is 13.2 Å². The first-order valence-corrected chi connectivity index (χ1v) is 6.88. The van der Waals surface area contributed by atoms with Crippen LogP contribution in [0.2, 0.25) is 0 Å². The van der Waals surface area contributed by atoms with Gasteiger partial charge in [0.25, 0.3) is 0 Å². The summed E-state index contributed by atoms with van der Waals surface area (Å²) in [5, 5.41) is 6.41. The molecule has 0 atom stereocenters. The van der Waals surface area contributed by atoms with Crippen molar-refractivity contribution in [1.29, 1.82) is 0 Å². The summed E-state index contributed by atoms with van der Waals surface area (Å²) in [6, 6.07) is 5.53. The van der Waals surface area contributed by atoms with Crippen molar-refractivity contribution in [2.24, 2.45) is 0 Å². The molecule has 0 spiro atoms. The van der Waals surface area contributed by atoms with E-state index in [1.165, 1.54) is 0 Å². The number of aromatic nitrogens is 2.